The minimum Gasteiger partial charge on any atom is -0.493 e. The normalized spacial score (nSPS) is 14.2. The maximum absolute atomic E-state index is 13.2. The third-order valence-corrected chi connectivity index (χ3v) is 7.30. The van der Waals surface area contributed by atoms with Crippen molar-refractivity contribution in [3.05, 3.63) is 69.9 Å². The van der Waals surface area contributed by atoms with Crippen molar-refractivity contribution in [2.45, 2.75) is 37.6 Å². The summed E-state index contributed by atoms with van der Waals surface area (Å²) in [5.41, 5.74) is 5.10. The van der Waals surface area contributed by atoms with Crippen molar-refractivity contribution in [1.82, 2.24) is 5.32 Å². The molecule has 0 radical (unpaired) electrons. The lowest BCUT2D eigenvalue weighted by Crippen LogP contribution is -2.26. The molecule has 36 heavy (non-hydrogen) atoms. The van der Waals surface area contributed by atoms with Crippen molar-refractivity contribution in [2.24, 2.45) is 0 Å². The molecule has 3 aromatic carbocycles. The van der Waals surface area contributed by atoms with E-state index in [0.29, 0.717) is 30.1 Å². The molecule has 0 unspecified atom stereocenters. The zero-order valence-electron chi connectivity index (χ0n) is 21.3. The molecule has 0 bridgehead atoms. The van der Waals surface area contributed by atoms with Gasteiger partial charge in [-0.15, -0.1) is 11.8 Å². The number of carbonyl (C=O) groups is 1. The van der Waals surface area contributed by atoms with Crippen molar-refractivity contribution < 1.29 is 19.0 Å². The molecule has 0 saturated carbocycles. The van der Waals surface area contributed by atoms with Crippen LogP contribution >= 0.6 is 11.8 Å². The van der Waals surface area contributed by atoms with Crippen LogP contribution in [0.15, 0.2) is 58.2 Å². The molecule has 188 valence electrons. The van der Waals surface area contributed by atoms with E-state index in [1.165, 1.54) is 6.92 Å². The Morgan fingerprint density at radius 3 is 2.42 bits per heavy atom. The van der Waals surface area contributed by atoms with E-state index < -0.39 is 0 Å². The van der Waals surface area contributed by atoms with E-state index in [2.05, 4.69) is 18.3 Å². The average Bonchev–Trinajstić information content (AvgIpc) is 3.11. The van der Waals surface area contributed by atoms with E-state index in [-0.39, 0.29) is 17.4 Å². The second-order valence-corrected chi connectivity index (χ2v) is 9.87. The maximum atomic E-state index is 13.2. The molecule has 0 heterocycles. The molecule has 0 saturated heterocycles. The van der Waals surface area contributed by atoms with E-state index in [9.17, 15) is 9.59 Å². The predicted molar refractivity (Wildman–Crippen MR) is 145 cm³/mol. The monoisotopic (exact) mass is 505 g/mol. The highest BCUT2D eigenvalue weighted by molar-refractivity contribution is 7.99. The van der Waals surface area contributed by atoms with E-state index in [4.69, 9.17) is 14.2 Å². The number of hydrogen-bond acceptors (Lipinski definition) is 6. The molecule has 0 aliphatic heterocycles. The highest BCUT2D eigenvalue weighted by atomic mass is 32.2. The standard InChI is InChI=1S/C29H31NO5S/c1-6-36-26-10-8-7-9-21(26)19-13-20(32)16-22-23(14-19)27-18(11-12-24(22)30-17(2)31)15-25(33-3)28(34-4)29(27)35-5/h7-10,13-16,24H,6,11-12H2,1-5H3,(H,30,31)/t24-/m0/s1. The van der Waals surface area contributed by atoms with Crippen LogP contribution in [0.1, 0.15) is 37.4 Å². The minimum absolute atomic E-state index is 0.124. The first-order valence-corrected chi connectivity index (χ1v) is 12.9. The van der Waals surface area contributed by atoms with Gasteiger partial charge in [0.05, 0.1) is 27.4 Å². The van der Waals surface area contributed by atoms with Crippen LogP contribution in [0.25, 0.3) is 22.3 Å². The summed E-state index contributed by atoms with van der Waals surface area (Å²) in [5, 5.41) is 3.05. The zero-order chi connectivity index (χ0) is 25.8. The van der Waals surface area contributed by atoms with Crippen LogP contribution in [-0.4, -0.2) is 33.0 Å². The van der Waals surface area contributed by atoms with Gasteiger partial charge in [0.1, 0.15) is 0 Å². The average molecular weight is 506 g/mol. The van der Waals surface area contributed by atoms with Crippen molar-refractivity contribution in [1.29, 1.82) is 0 Å². The Morgan fingerprint density at radius 2 is 1.75 bits per heavy atom. The van der Waals surface area contributed by atoms with Gasteiger partial charge in [-0.25, -0.2) is 0 Å². The van der Waals surface area contributed by atoms with Crippen LogP contribution in [0.5, 0.6) is 17.2 Å². The van der Waals surface area contributed by atoms with E-state index in [0.717, 1.165) is 44.0 Å². The molecule has 4 rings (SSSR count). The molecule has 1 aliphatic carbocycles. The van der Waals surface area contributed by atoms with Gasteiger partial charge in [-0.1, -0.05) is 25.1 Å². The highest BCUT2D eigenvalue weighted by Gasteiger charge is 2.29. The molecule has 1 amide bonds. The first-order chi connectivity index (χ1) is 17.4. The fourth-order valence-corrected chi connectivity index (χ4v) is 5.73. The Morgan fingerprint density at radius 1 is 1.00 bits per heavy atom. The summed E-state index contributed by atoms with van der Waals surface area (Å²) >= 11 is 1.73. The number of methoxy groups -OCH3 is 3. The van der Waals surface area contributed by atoms with Crippen molar-refractivity contribution in [2.75, 3.05) is 27.1 Å². The molecule has 1 aliphatic rings. The first kappa shape index (κ1) is 25.6. The Labute approximate surface area is 216 Å². The SMILES string of the molecule is CCSc1ccccc1-c1cc2c(cc(=O)c1)[C@@H](NC(C)=O)CCc1cc(OC)c(OC)c(OC)c1-2. The fraction of sp³-hybridized carbons (Fsp3) is 0.310. The molecule has 0 fully saturated rings. The summed E-state index contributed by atoms with van der Waals surface area (Å²) in [7, 11) is 4.77. The Kier molecular flexibility index (Phi) is 7.89. The topological polar surface area (TPSA) is 73.9 Å². The number of hydrogen-bond donors (Lipinski definition) is 1. The van der Waals surface area contributed by atoms with Crippen molar-refractivity contribution >= 4 is 17.7 Å². The molecule has 0 spiro atoms. The number of nitrogens with one attached hydrogen (secondary N) is 1. The lowest BCUT2D eigenvalue weighted by atomic mass is 9.94. The third kappa shape index (κ3) is 4.93. The lowest BCUT2D eigenvalue weighted by Gasteiger charge is -2.20. The summed E-state index contributed by atoms with van der Waals surface area (Å²) in [4.78, 5) is 26.5. The van der Waals surface area contributed by atoms with Gasteiger partial charge < -0.3 is 19.5 Å². The van der Waals surface area contributed by atoms with Crippen LogP contribution < -0.4 is 25.0 Å². The zero-order valence-corrected chi connectivity index (χ0v) is 22.1. The van der Waals surface area contributed by atoms with Crippen LogP contribution in [0.4, 0.5) is 0 Å². The molecule has 7 heteroatoms. The number of ether oxygens (including phenoxy) is 3. The van der Waals surface area contributed by atoms with Crippen molar-refractivity contribution in [3.63, 3.8) is 0 Å². The van der Waals surface area contributed by atoms with E-state index in [1.54, 1.807) is 45.2 Å². The highest BCUT2D eigenvalue weighted by Crippen LogP contribution is 2.50. The van der Waals surface area contributed by atoms with Crippen LogP contribution in [0.2, 0.25) is 0 Å². The molecular formula is C29H31NO5S. The summed E-state index contributed by atoms with van der Waals surface area (Å²) in [5.74, 6) is 2.36. The lowest BCUT2D eigenvalue weighted by molar-refractivity contribution is -0.119. The molecule has 1 atom stereocenters. The second kappa shape index (κ2) is 11.1. The van der Waals surface area contributed by atoms with E-state index in [1.807, 2.05) is 30.3 Å². The largest absolute Gasteiger partial charge is 0.493 e. The maximum Gasteiger partial charge on any atom is 0.217 e. The van der Waals surface area contributed by atoms with Gasteiger partial charge >= 0.3 is 0 Å². The summed E-state index contributed by atoms with van der Waals surface area (Å²) in [6, 6.07) is 15.1. The Balaban J connectivity index is 2.12. The van der Waals surface area contributed by atoms with Crippen LogP contribution in [-0.2, 0) is 11.2 Å². The number of aryl methyl sites for hydroxylation is 1. The number of thioether (sulfide) groups is 1. The third-order valence-electron chi connectivity index (χ3n) is 6.34. The molecule has 6 nitrogen and oxygen atoms in total. The molecule has 1 N–H and O–H groups in total. The van der Waals surface area contributed by atoms with Gasteiger partial charge in [0.2, 0.25) is 11.7 Å². The van der Waals surface area contributed by atoms with Gasteiger partial charge in [0, 0.05) is 17.4 Å². The fourth-order valence-electron chi connectivity index (χ4n) is 4.90. The van der Waals surface area contributed by atoms with Crippen molar-refractivity contribution in [3.8, 4) is 39.5 Å². The number of amides is 1. The quantitative estimate of drug-likeness (QED) is 0.419. The van der Waals surface area contributed by atoms with Gasteiger partial charge in [-0.2, -0.15) is 0 Å². The van der Waals surface area contributed by atoms with Gasteiger partial charge in [-0.05, 0) is 76.7 Å². The second-order valence-electron chi connectivity index (χ2n) is 8.56. The first-order valence-electron chi connectivity index (χ1n) is 11.9. The van der Waals surface area contributed by atoms with Crippen LogP contribution in [0.3, 0.4) is 0 Å². The minimum atomic E-state index is -0.334. The molecule has 3 aromatic rings. The Hall–Kier alpha value is -3.45. The van der Waals surface area contributed by atoms with Gasteiger partial charge in [-0.3, -0.25) is 9.59 Å². The Bertz CT molecular complexity index is 1350. The smallest absolute Gasteiger partial charge is 0.217 e. The predicted octanol–water partition coefficient (Wildman–Crippen LogP) is 5.64. The van der Waals surface area contributed by atoms with Gasteiger partial charge in [0.25, 0.3) is 0 Å². The number of carbonyl (C=O) groups excluding carboxylic acids is 1. The molecule has 0 aromatic heterocycles. The van der Waals surface area contributed by atoms with Gasteiger partial charge in [0.15, 0.2) is 16.9 Å². The molecular weight excluding hydrogens is 474 g/mol. The number of rotatable bonds is 7. The summed E-state index contributed by atoms with van der Waals surface area (Å²) < 4.78 is 17.2. The summed E-state index contributed by atoms with van der Waals surface area (Å²) in [6.45, 7) is 3.60. The summed E-state index contributed by atoms with van der Waals surface area (Å²) in [6.07, 6.45) is 1.28. The van der Waals surface area contributed by atoms with E-state index >= 15 is 0 Å². The number of fused-ring (bicyclic) bond motifs is 3. The van der Waals surface area contributed by atoms with Crippen LogP contribution in [0, 0.1) is 0 Å². The number of benzene rings is 2.